The maximum absolute atomic E-state index is 13.5. The second kappa shape index (κ2) is 14.5. The van der Waals surface area contributed by atoms with Crippen LogP contribution in [0, 0.1) is 0 Å². The first kappa shape index (κ1) is 37.3. The molecule has 0 bridgehead atoms. The molecule has 0 fully saturated rings. The lowest BCUT2D eigenvalue weighted by molar-refractivity contribution is 0.123. The number of nitrogens with zero attached hydrogens (tertiary/aromatic N) is 7. The quantitative estimate of drug-likeness (QED) is 0.120. The number of unbranched alkanes of at least 4 members (excludes halogenated alkanes) is 1. The number of pyridine rings is 2. The average molecular weight is 751 g/mol. The Morgan fingerprint density at radius 1 is 0.808 bits per heavy atom. The molecule has 278 valence electrons. The van der Waals surface area contributed by atoms with Crippen molar-refractivity contribution in [2.45, 2.75) is 72.2 Å². The summed E-state index contributed by atoms with van der Waals surface area (Å²) < 4.78 is 67.0. The number of rotatable bonds is 16. The van der Waals surface area contributed by atoms with Gasteiger partial charge in [-0.05, 0) is 45.7 Å². The molecule has 6 rings (SSSR count). The summed E-state index contributed by atoms with van der Waals surface area (Å²) in [5, 5.41) is 1.73. The van der Waals surface area contributed by atoms with Gasteiger partial charge in [-0.25, -0.2) is 41.5 Å². The van der Waals surface area contributed by atoms with Crippen molar-refractivity contribution in [1.29, 1.82) is 0 Å². The van der Waals surface area contributed by atoms with Gasteiger partial charge in [-0.2, -0.15) is 4.31 Å². The average Bonchev–Trinajstić information content (AvgIpc) is 3.65. The van der Waals surface area contributed by atoms with Crippen molar-refractivity contribution in [2.75, 3.05) is 36.8 Å². The Hall–Kier alpha value is -4.42. The summed E-state index contributed by atoms with van der Waals surface area (Å²) >= 11 is 0. The lowest BCUT2D eigenvalue weighted by Gasteiger charge is -2.37. The van der Waals surface area contributed by atoms with Crippen LogP contribution in [-0.2, 0) is 50.9 Å². The van der Waals surface area contributed by atoms with Gasteiger partial charge >= 0.3 is 0 Å². The van der Waals surface area contributed by atoms with Crippen LogP contribution < -0.4 is 16.2 Å². The van der Waals surface area contributed by atoms with Crippen molar-refractivity contribution in [2.24, 2.45) is 0 Å². The van der Waals surface area contributed by atoms with Crippen molar-refractivity contribution in [3.8, 4) is 0 Å². The second-order valence-electron chi connectivity index (χ2n) is 13.5. The zero-order valence-electron chi connectivity index (χ0n) is 30.1. The number of nitrogens with two attached hydrogens (primary N) is 2. The van der Waals surface area contributed by atoms with Crippen LogP contribution in [0.2, 0.25) is 0 Å². The van der Waals surface area contributed by atoms with E-state index in [1.54, 1.807) is 13.8 Å². The molecule has 4 aromatic heterocycles. The number of imidazole rings is 2. The van der Waals surface area contributed by atoms with Gasteiger partial charge in [0.15, 0.2) is 11.6 Å². The van der Waals surface area contributed by atoms with Crippen molar-refractivity contribution in [1.82, 2.24) is 38.1 Å². The van der Waals surface area contributed by atoms with Crippen molar-refractivity contribution in [3.63, 3.8) is 0 Å². The minimum absolute atomic E-state index is 0.0648. The fourth-order valence-corrected chi connectivity index (χ4v) is 10.1. The minimum Gasteiger partial charge on any atom is -0.382 e. The molecule has 17 heteroatoms. The maximum atomic E-state index is 13.5. The van der Waals surface area contributed by atoms with Crippen LogP contribution in [0.5, 0.6) is 0 Å². The number of ether oxygens (including phenoxy) is 1. The van der Waals surface area contributed by atoms with Crippen molar-refractivity contribution in [3.05, 3.63) is 60.2 Å². The monoisotopic (exact) mass is 750 g/mol. The molecule has 0 aliphatic heterocycles. The Balaban J connectivity index is 1.20. The highest BCUT2D eigenvalue weighted by Crippen LogP contribution is 2.33. The SMILES string of the molecule is CCOCc1nc2c(N)nc3ccccc3c2n1CC(C)(C)N(CS(=O)(=O)NCCCCn1c(CC)nc2c(N)nc3ccccc3c21)S(C)(=O)=O. The molecular formula is C35H46N10O5S2. The van der Waals surface area contributed by atoms with Crippen LogP contribution in [0.3, 0.4) is 0 Å². The lowest BCUT2D eigenvalue weighted by atomic mass is 10.1. The second-order valence-corrected chi connectivity index (χ2v) is 17.2. The molecule has 0 atom stereocenters. The highest BCUT2D eigenvalue weighted by atomic mass is 32.2. The van der Waals surface area contributed by atoms with E-state index in [1.807, 2.05) is 66.9 Å². The van der Waals surface area contributed by atoms with E-state index >= 15 is 0 Å². The fourth-order valence-electron chi connectivity index (χ4n) is 6.80. The van der Waals surface area contributed by atoms with Crippen LogP contribution in [-0.4, -0.2) is 81.0 Å². The number of sulfonamides is 2. The molecule has 5 N–H and O–H groups in total. The summed E-state index contributed by atoms with van der Waals surface area (Å²) in [6.45, 7) is 8.63. The first-order valence-corrected chi connectivity index (χ1v) is 20.7. The van der Waals surface area contributed by atoms with Crippen molar-refractivity contribution >= 4 is 75.6 Å². The topological polar surface area (TPSA) is 206 Å². The van der Waals surface area contributed by atoms with Gasteiger partial charge in [0.05, 0.1) is 28.3 Å². The third kappa shape index (κ3) is 7.41. The molecular weight excluding hydrogens is 705 g/mol. The molecule has 0 saturated carbocycles. The summed E-state index contributed by atoms with van der Waals surface area (Å²) in [7, 11) is -8.10. The molecule has 2 aromatic carbocycles. The standard InChI is InChI=1S/C35H46N10O5S2/c1-6-27-41-29-31(23-14-8-10-16-25(23)39-33(29)36)43(27)19-13-12-18-38-52(48,49)22-45(51(5,46)47)35(3,4)21-44-28(20-50-7-2)42-30-32(44)24-15-9-11-17-26(24)40-34(30)37/h8-11,14-17,38H,6-7,12-13,18-22H2,1-5H3,(H2,36,39)(H2,37,40). The summed E-state index contributed by atoms with van der Waals surface area (Å²) in [6.07, 6.45) is 2.85. The third-order valence-corrected chi connectivity index (χ3v) is 12.0. The number of hydrogen-bond donors (Lipinski definition) is 3. The van der Waals surface area contributed by atoms with E-state index in [0.29, 0.717) is 66.1 Å². The number of anilines is 2. The molecule has 52 heavy (non-hydrogen) atoms. The van der Waals surface area contributed by atoms with Gasteiger partial charge in [0.2, 0.25) is 20.0 Å². The number of nitrogen functional groups attached to an aromatic ring is 2. The number of benzene rings is 2. The Morgan fingerprint density at radius 3 is 1.92 bits per heavy atom. The Morgan fingerprint density at radius 2 is 1.37 bits per heavy atom. The largest absolute Gasteiger partial charge is 0.382 e. The van der Waals surface area contributed by atoms with Gasteiger partial charge < -0.3 is 25.3 Å². The number of fused-ring (bicyclic) bond motifs is 6. The van der Waals surface area contributed by atoms with Crippen molar-refractivity contribution < 1.29 is 21.6 Å². The van der Waals surface area contributed by atoms with Crippen LogP contribution in [0.25, 0.3) is 43.9 Å². The van der Waals surface area contributed by atoms with E-state index in [0.717, 1.165) is 38.2 Å². The van der Waals surface area contributed by atoms with E-state index in [-0.39, 0.29) is 25.5 Å². The van der Waals surface area contributed by atoms with E-state index in [1.165, 1.54) is 0 Å². The fraction of sp³-hybridized carbons (Fsp3) is 0.429. The smallest absolute Gasteiger partial charge is 0.225 e. The first-order chi connectivity index (χ1) is 24.6. The van der Waals surface area contributed by atoms with E-state index in [9.17, 15) is 16.8 Å². The number of nitrogens with one attached hydrogen (secondary N) is 1. The molecule has 0 radical (unpaired) electrons. The van der Waals surface area contributed by atoms with Gasteiger partial charge in [0, 0.05) is 49.0 Å². The summed E-state index contributed by atoms with van der Waals surface area (Å²) in [4.78, 5) is 18.5. The zero-order chi connectivity index (χ0) is 37.4. The van der Waals surface area contributed by atoms with Crippen LogP contribution in [0.4, 0.5) is 11.6 Å². The van der Waals surface area contributed by atoms with Gasteiger partial charge in [0.1, 0.15) is 35.2 Å². The number of aromatic nitrogens is 6. The highest BCUT2D eigenvalue weighted by molar-refractivity contribution is 7.92. The van der Waals surface area contributed by atoms with Crippen LogP contribution in [0.15, 0.2) is 48.5 Å². The van der Waals surface area contributed by atoms with Gasteiger partial charge in [-0.3, -0.25) is 0 Å². The molecule has 0 aliphatic rings. The van der Waals surface area contributed by atoms with E-state index < -0.39 is 31.5 Å². The molecule has 0 unspecified atom stereocenters. The minimum atomic E-state index is -4.08. The Bertz CT molecular complexity index is 2490. The lowest BCUT2D eigenvalue weighted by Crippen LogP contribution is -2.53. The van der Waals surface area contributed by atoms with E-state index in [4.69, 9.17) is 26.2 Å². The highest BCUT2D eigenvalue weighted by Gasteiger charge is 2.38. The first-order valence-electron chi connectivity index (χ1n) is 17.2. The molecule has 0 spiro atoms. The maximum Gasteiger partial charge on any atom is 0.225 e. The predicted molar refractivity (Wildman–Crippen MR) is 205 cm³/mol. The molecule has 0 aliphatic carbocycles. The molecule has 0 amide bonds. The van der Waals surface area contributed by atoms with Gasteiger partial charge in [0.25, 0.3) is 0 Å². The van der Waals surface area contributed by atoms with E-state index in [2.05, 4.69) is 19.3 Å². The Kier molecular flexibility index (Phi) is 10.4. The molecule has 6 aromatic rings. The predicted octanol–water partition coefficient (Wildman–Crippen LogP) is 4.14. The van der Waals surface area contributed by atoms with Gasteiger partial charge in [-0.15, -0.1) is 0 Å². The normalized spacial score (nSPS) is 13.0. The Labute approximate surface area is 303 Å². The summed E-state index contributed by atoms with van der Waals surface area (Å²) in [5.74, 6) is 1.23. The summed E-state index contributed by atoms with van der Waals surface area (Å²) in [6, 6.07) is 15.2. The van der Waals surface area contributed by atoms with Crippen LogP contribution in [0.1, 0.15) is 52.2 Å². The molecule has 15 nitrogen and oxygen atoms in total. The number of hydrogen-bond acceptors (Lipinski definition) is 11. The third-order valence-electron chi connectivity index (χ3n) is 9.17. The zero-order valence-corrected chi connectivity index (χ0v) is 31.8. The van der Waals surface area contributed by atoms with Gasteiger partial charge in [-0.1, -0.05) is 43.3 Å². The number of para-hydroxylation sites is 2. The molecule has 4 heterocycles. The molecule has 0 saturated heterocycles. The number of aryl methyl sites for hydroxylation is 2. The van der Waals surface area contributed by atoms with Crippen LogP contribution >= 0.6 is 0 Å². The summed E-state index contributed by atoms with van der Waals surface area (Å²) in [5.41, 5.74) is 15.5.